The summed E-state index contributed by atoms with van der Waals surface area (Å²) in [6.07, 6.45) is 13.7. The Morgan fingerprint density at radius 2 is 1.86 bits per heavy atom. The van der Waals surface area contributed by atoms with Gasteiger partial charge in [0.1, 0.15) is 12.1 Å². The minimum atomic E-state index is 0.567. The molecule has 3 nitrogen and oxygen atoms in total. The van der Waals surface area contributed by atoms with Gasteiger partial charge in [-0.15, -0.1) is 0 Å². The van der Waals surface area contributed by atoms with Gasteiger partial charge in [-0.1, -0.05) is 26.7 Å². The highest BCUT2D eigenvalue weighted by molar-refractivity contribution is 9.10. The van der Waals surface area contributed by atoms with E-state index in [1.807, 2.05) is 0 Å². The average molecular weight is 366 g/mol. The van der Waals surface area contributed by atoms with Crippen LogP contribution < -0.4 is 5.32 Å². The van der Waals surface area contributed by atoms with Crippen molar-refractivity contribution in [2.45, 2.75) is 77.7 Å². The van der Waals surface area contributed by atoms with Crippen LogP contribution in [0.3, 0.4) is 0 Å². The second kappa shape index (κ2) is 6.86. The van der Waals surface area contributed by atoms with E-state index in [0.29, 0.717) is 11.5 Å². The number of aromatic nitrogens is 2. The van der Waals surface area contributed by atoms with Crippen LogP contribution in [-0.4, -0.2) is 16.0 Å². The topological polar surface area (TPSA) is 37.8 Å². The van der Waals surface area contributed by atoms with Crippen molar-refractivity contribution in [3.05, 3.63) is 16.5 Å². The highest BCUT2D eigenvalue weighted by Crippen LogP contribution is 2.49. The first-order valence-corrected chi connectivity index (χ1v) is 9.67. The smallest absolute Gasteiger partial charge is 0.144 e. The number of halogens is 1. The van der Waals surface area contributed by atoms with Gasteiger partial charge in [0.15, 0.2) is 0 Å². The van der Waals surface area contributed by atoms with Gasteiger partial charge in [-0.2, -0.15) is 0 Å². The van der Waals surface area contributed by atoms with Crippen LogP contribution >= 0.6 is 15.9 Å². The van der Waals surface area contributed by atoms with Gasteiger partial charge in [0.05, 0.1) is 10.2 Å². The number of hydrogen-bond acceptors (Lipinski definition) is 3. The van der Waals surface area contributed by atoms with Crippen molar-refractivity contribution >= 4 is 21.7 Å². The standard InChI is InChI=1S/C18H28BrN3/c1-3-15-16(19)17(21-12-20-15)22-14-8-6-13(7-9-14)18(2)10-4-5-11-18/h12-14H,3-11H2,1-2H3,(H,20,21,22). The molecular formula is C18H28BrN3. The molecule has 0 aromatic carbocycles. The number of aryl methyl sites for hydroxylation is 1. The monoisotopic (exact) mass is 365 g/mol. The number of nitrogens with zero attached hydrogens (tertiary/aromatic N) is 2. The lowest BCUT2D eigenvalue weighted by Crippen LogP contribution is -2.33. The van der Waals surface area contributed by atoms with Crippen LogP contribution in [-0.2, 0) is 6.42 Å². The SMILES string of the molecule is CCc1ncnc(NC2CCC(C3(C)CCCC3)CC2)c1Br. The van der Waals surface area contributed by atoms with Gasteiger partial charge < -0.3 is 5.32 Å². The normalized spacial score (nSPS) is 27.8. The minimum Gasteiger partial charge on any atom is -0.366 e. The quantitative estimate of drug-likeness (QED) is 0.780. The fourth-order valence-corrected chi connectivity index (χ4v) is 5.07. The summed E-state index contributed by atoms with van der Waals surface area (Å²) >= 11 is 3.66. The predicted octanol–water partition coefficient (Wildman–Crippen LogP) is 5.35. The van der Waals surface area contributed by atoms with Crippen molar-refractivity contribution in [2.24, 2.45) is 11.3 Å². The molecule has 0 atom stereocenters. The van der Waals surface area contributed by atoms with Crippen molar-refractivity contribution in [1.82, 2.24) is 9.97 Å². The van der Waals surface area contributed by atoms with Crippen LogP contribution in [0.4, 0.5) is 5.82 Å². The Kier molecular flexibility index (Phi) is 5.06. The van der Waals surface area contributed by atoms with Gasteiger partial charge in [-0.3, -0.25) is 0 Å². The Hall–Kier alpha value is -0.640. The predicted molar refractivity (Wildman–Crippen MR) is 95.1 cm³/mol. The lowest BCUT2D eigenvalue weighted by atomic mass is 9.68. The van der Waals surface area contributed by atoms with E-state index in [2.05, 4.69) is 45.1 Å². The lowest BCUT2D eigenvalue weighted by Gasteiger charge is -2.39. The molecule has 4 heteroatoms. The molecule has 1 aromatic rings. The summed E-state index contributed by atoms with van der Waals surface area (Å²) < 4.78 is 1.04. The number of nitrogens with one attached hydrogen (secondary N) is 1. The first kappa shape index (κ1) is 16.2. The molecule has 0 aliphatic heterocycles. The zero-order valence-corrected chi connectivity index (χ0v) is 15.5. The fraction of sp³-hybridized carbons (Fsp3) is 0.778. The van der Waals surface area contributed by atoms with E-state index in [4.69, 9.17) is 0 Å². The molecule has 2 fully saturated rings. The van der Waals surface area contributed by atoms with Crippen molar-refractivity contribution in [1.29, 1.82) is 0 Å². The zero-order chi connectivity index (χ0) is 15.6. The molecule has 2 aliphatic rings. The molecule has 2 aliphatic carbocycles. The van der Waals surface area contributed by atoms with Crippen LogP contribution in [0.2, 0.25) is 0 Å². The molecule has 22 heavy (non-hydrogen) atoms. The fourth-order valence-electron chi connectivity index (χ4n) is 4.47. The second-order valence-electron chi connectivity index (χ2n) is 7.39. The molecule has 1 N–H and O–H groups in total. The summed E-state index contributed by atoms with van der Waals surface area (Å²) in [6.45, 7) is 4.66. The van der Waals surface area contributed by atoms with E-state index in [1.165, 1.54) is 51.4 Å². The van der Waals surface area contributed by atoms with Crippen LogP contribution in [0.25, 0.3) is 0 Å². The zero-order valence-electron chi connectivity index (χ0n) is 13.9. The van der Waals surface area contributed by atoms with Crippen molar-refractivity contribution in [3.63, 3.8) is 0 Å². The van der Waals surface area contributed by atoms with Gasteiger partial charge in [-0.25, -0.2) is 9.97 Å². The molecule has 0 saturated heterocycles. The van der Waals surface area contributed by atoms with Gasteiger partial charge >= 0.3 is 0 Å². The van der Waals surface area contributed by atoms with E-state index in [-0.39, 0.29) is 0 Å². The summed E-state index contributed by atoms with van der Waals surface area (Å²) in [6, 6.07) is 0.567. The Morgan fingerprint density at radius 1 is 1.18 bits per heavy atom. The molecule has 0 unspecified atom stereocenters. The molecule has 0 amide bonds. The van der Waals surface area contributed by atoms with Crippen LogP contribution in [0.5, 0.6) is 0 Å². The maximum atomic E-state index is 4.42. The average Bonchev–Trinajstić information content (AvgIpc) is 2.98. The molecule has 0 spiro atoms. The van der Waals surface area contributed by atoms with Crippen LogP contribution in [0, 0.1) is 11.3 Å². The van der Waals surface area contributed by atoms with E-state index in [9.17, 15) is 0 Å². The Balaban J connectivity index is 1.58. The molecule has 0 radical (unpaired) electrons. The van der Waals surface area contributed by atoms with Crippen LogP contribution in [0.15, 0.2) is 10.8 Å². The highest BCUT2D eigenvalue weighted by Gasteiger charge is 2.38. The van der Waals surface area contributed by atoms with E-state index in [1.54, 1.807) is 6.33 Å². The first-order valence-electron chi connectivity index (χ1n) is 8.88. The van der Waals surface area contributed by atoms with E-state index >= 15 is 0 Å². The third kappa shape index (κ3) is 3.32. The highest BCUT2D eigenvalue weighted by atomic mass is 79.9. The van der Waals surface area contributed by atoms with Gasteiger partial charge in [0.2, 0.25) is 0 Å². The maximum Gasteiger partial charge on any atom is 0.144 e. The van der Waals surface area contributed by atoms with Crippen molar-refractivity contribution in [2.75, 3.05) is 5.32 Å². The largest absolute Gasteiger partial charge is 0.366 e. The minimum absolute atomic E-state index is 0.567. The third-order valence-electron chi connectivity index (χ3n) is 6.00. The van der Waals surface area contributed by atoms with E-state index < -0.39 is 0 Å². The number of anilines is 1. The molecular weight excluding hydrogens is 338 g/mol. The maximum absolute atomic E-state index is 4.42. The Labute approximate surface area is 142 Å². The van der Waals surface area contributed by atoms with Crippen LogP contribution in [0.1, 0.15) is 70.9 Å². The Bertz CT molecular complexity index is 503. The molecule has 2 saturated carbocycles. The molecule has 122 valence electrons. The van der Waals surface area contributed by atoms with E-state index in [0.717, 1.165) is 28.3 Å². The van der Waals surface area contributed by atoms with Gasteiger partial charge in [0.25, 0.3) is 0 Å². The summed E-state index contributed by atoms with van der Waals surface area (Å²) in [4.78, 5) is 8.75. The van der Waals surface area contributed by atoms with Crippen molar-refractivity contribution in [3.8, 4) is 0 Å². The second-order valence-corrected chi connectivity index (χ2v) is 8.18. The molecule has 3 rings (SSSR count). The summed E-state index contributed by atoms with van der Waals surface area (Å²) in [5.41, 5.74) is 1.72. The van der Waals surface area contributed by atoms with Gasteiger partial charge in [-0.05, 0) is 72.2 Å². The third-order valence-corrected chi connectivity index (χ3v) is 6.83. The molecule has 1 heterocycles. The number of hydrogen-bond donors (Lipinski definition) is 1. The number of rotatable bonds is 4. The molecule has 1 aromatic heterocycles. The Morgan fingerprint density at radius 3 is 2.50 bits per heavy atom. The summed E-state index contributed by atoms with van der Waals surface area (Å²) in [5.74, 6) is 1.91. The first-order chi connectivity index (χ1) is 10.6. The lowest BCUT2D eigenvalue weighted by molar-refractivity contribution is 0.139. The molecule has 0 bridgehead atoms. The summed E-state index contributed by atoms with van der Waals surface area (Å²) in [7, 11) is 0. The van der Waals surface area contributed by atoms with Gasteiger partial charge in [0, 0.05) is 6.04 Å². The summed E-state index contributed by atoms with van der Waals surface area (Å²) in [5, 5.41) is 3.65. The van der Waals surface area contributed by atoms with Crippen molar-refractivity contribution < 1.29 is 0 Å².